The van der Waals surface area contributed by atoms with Gasteiger partial charge >= 0.3 is 6.03 Å². The molecule has 0 aromatic carbocycles. The second kappa shape index (κ2) is 24.5. The van der Waals surface area contributed by atoms with Gasteiger partial charge in [0.2, 0.25) is 29.5 Å². The Labute approximate surface area is 356 Å². The minimum absolute atomic E-state index is 0. The van der Waals surface area contributed by atoms with Crippen molar-refractivity contribution in [3.8, 4) is 0 Å². The number of urea groups is 1. The lowest BCUT2D eigenvalue weighted by Gasteiger charge is -2.44. The van der Waals surface area contributed by atoms with E-state index in [0.29, 0.717) is 19.0 Å². The molecule has 7 heterocycles. The number of hydrogen-bond donors (Lipinski definition) is 0. The second-order valence-corrected chi connectivity index (χ2v) is 17.1. The fourth-order valence-corrected chi connectivity index (χ4v) is 8.23. The van der Waals surface area contributed by atoms with Gasteiger partial charge in [0, 0.05) is 119 Å². The fourth-order valence-electron chi connectivity index (χ4n) is 8.23. The molecule has 0 aromatic heterocycles. The predicted molar refractivity (Wildman–Crippen MR) is 233 cm³/mol. The standard InChI is InChI=1S/C10H21N3O.C10H16N2O.C9H15N3O2.C7H13NO.C6H11NO.CH4/c1-5-12(3)10(14)9-8-11(2)6-7-13(9)4;1-7-4-5-9-8(2)11(3)10(13)12(9)6-7;1-10-3-4-12-7(5-10)9(14)11(2)6-8(12)13;1-7(9)8-5-3-2-4-6-8;1-6(8)7-4-2-3-5-7;/h9H,5-8H2,1-4H3;7,9H,2,4-6H2,1,3H3;7H,3-6H2,1-2H3;2-6H2,1H3;2-5H2,1H3;1H4. The quantitative estimate of drug-likeness (QED) is 0.411. The zero-order chi connectivity index (χ0) is 43.3. The molecule has 4 atom stereocenters. The Hall–Kier alpha value is -3.76. The summed E-state index contributed by atoms with van der Waals surface area (Å²) in [5.74, 6) is 1.47. The van der Waals surface area contributed by atoms with Gasteiger partial charge in [0.05, 0.1) is 12.6 Å². The zero-order valence-corrected chi connectivity index (χ0v) is 37.6. The first kappa shape index (κ1) is 51.4. The molecule has 0 radical (unpaired) electrons. The molecule has 16 nitrogen and oxygen atoms in total. The molecule has 0 N–H and O–H groups in total. The number of piperidine rings is 2. The molecule has 7 aliphatic heterocycles. The number of likely N-dealkylation sites (tertiary alicyclic amines) is 2. The van der Waals surface area contributed by atoms with Crippen LogP contribution in [0.25, 0.3) is 0 Å². The Kier molecular flexibility index (Phi) is 21.3. The molecule has 4 unspecified atom stereocenters. The normalized spacial score (nSPS) is 26.1. The van der Waals surface area contributed by atoms with Crippen LogP contribution in [-0.4, -0.2) is 230 Å². The van der Waals surface area contributed by atoms with Crippen LogP contribution in [0.1, 0.15) is 80.1 Å². The largest absolute Gasteiger partial charge is 0.345 e. The maximum absolute atomic E-state index is 11.9. The fraction of sp³-hybridized carbons (Fsp3) is 0.814. The molecule has 16 heteroatoms. The minimum Gasteiger partial charge on any atom is -0.345 e. The number of likely N-dealkylation sites (N-methyl/N-ethyl adjacent to an activating group) is 6. The van der Waals surface area contributed by atoms with Crippen LogP contribution in [0.5, 0.6) is 0 Å². The number of nitrogens with zero attached hydrogens (tertiary/aromatic N) is 10. The lowest BCUT2D eigenvalue weighted by atomic mass is 9.94. The number of piperazine rings is 3. The predicted octanol–water partition coefficient (Wildman–Crippen LogP) is 2.26. The van der Waals surface area contributed by atoms with E-state index in [-0.39, 0.29) is 67.7 Å². The van der Waals surface area contributed by atoms with Gasteiger partial charge in [0.15, 0.2) is 0 Å². The molecule has 0 aliphatic carbocycles. The zero-order valence-electron chi connectivity index (χ0n) is 37.6. The molecular weight excluding hydrogens is 753 g/mol. The number of carbonyl (C=O) groups excluding carboxylic acids is 6. The Balaban J connectivity index is 0.000000257. The van der Waals surface area contributed by atoms with E-state index in [9.17, 15) is 28.8 Å². The van der Waals surface area contributed by atoms with Gasteiger partial charge in [-0.05, 0) is 78.9 Å². The molecule has 7 aliphatic rings. The molecular formula is C43H80N10O6. The number of carbonyl (C=O) groups is 6. The SMILES string of the molecule is C.C=C1C2CCC(C)CN2C(=O)N1C.CC(=O)N1CCCC1.CC(=O)N1CCCCC1.CCN(C)C(=O)C1CN(C)CCN1C.CN1CCN2C(=O)CN(C)C(=O)C2C1. The van der Waals surface area contributed by atoms with Crippen molar-refractivity contribution >= 4 is 35.6 Å². The summed E-state index contributed by atoms with van der Waals surface area (Å²) in [4.78, 5) is 87.2. The number of hydrogen-bond acceptors (Lipinski definition) is 9. The van der Waals surface area contributed by atoms with Crippen molar-refractivity contribution in [2.45, 2.75) is 98.2 Å². The maximum atomic E-state index is 11.9. The van der Waals surface area contributed by atoms with Gasteiger partial charge in [0.25, 0.3) is 0 Å². The molecule has 59 heavy (non-hydrogen) atoms. The highest BCUT2D eigenvalue weighted by Gasteiger charge is 2.42. The van der Waals surface area contributed by atoms with Crippen molar-refractivity contribution in [1.82, 2.24) is 49.0 Å². The van der Waals surface area contributed by atoms with Crippen molar-refractivity contribution in [2.24, 2.45) is 5.92 Å². The van der Waals surface area contributed by atoms with Crippen molar-refractivity contribution in [3.63, 3.8) is 0 Å². The van der Waals surface area contributed by atoms with E-state index in [0.717, 1.165) is 77.6 Å². The molecule has 0 saturated carbocycles. The first-order chi connectivity index (χ1) is 27.4. The molecule has 7 fully saturated rings. The summed E-state index contributed by atoms with van der Waals surface area (Å²) in [5.41, 5.74) is 0.969. The third kappa shape index (κ3) is 14.7. The summed E-state index contributed by atoms with van der Waals surface area (Å²) in [5, 5.41) is 0. The maximum Gasteiger partial charge on any atom is 0.324 e. The average molecular weight is 833 g/mol. The number of amides is 7. The van der Waals surface area contributed by atoms with Crippen molar-refractivity contribution in [3.05, 3.63) is 12.3 Å². The summed E-state index contributed by atoms with van der Waals surface area (Å²) >= 11 is 0. The van der Waals surface area contributed by atoms with E-state index in [2.05, 4.69) is 35.3 Å². The number of fused-ring (bicyclic) bond motifs is 2. The van der Waals surface area contributed by atoms with E-state index in [1.165, 1.54) is 43.4 Å². The Bertz CT molecular complexity index is 1420. The highest BCUT2D eigenvalue weighted by molar-refractivity contribution is 5.95. The van der Waals surface area contributed by atoms with E-state index in [1.54, 1.807) is 35.6 Å². The molecule has 338 valence electrons. The van der Waals surface area contributed by atoms with Crippen LogP contribution >= 0.6 is 0 Å². The highest BCUT2D eigenvalue weighted by atomic mass is 16.2. The Morgan fingerprint density at radius 1 is 0.695 bits per heavy atom. The summed E-state index contributed by atoms with van der Waals surface area (Å²) in [6.07, 6.45) is 8.36. The van der Waals surface area contributed by atoms with E-state index in [1.807, 2.05) is 49.8 Å². The first-order valence-corrected chi connectivity index (χ1v) is 21.5. The van der Waals surface area contributed by atoms with E-state index in [4.69, 9.17) is 0 Å². The Morgan fingerprint density at radius 2 is 1.22 bits per heavy atom. The lowest BCUT2D eigenvalue weighted by Crippen LogP contribution is -2.65. The summed E-state index contributed by atoms with van der Waals surface area (Å²) < 4.78 is 0. The van der Waals surface area contributed by atoms with Crippen molar-refractivity contribution in [1.29, 1.82) is 0 Å². The van der Waals surface area contributed by atoms with Gasteiger partial charge in [0.1, 0.15) is 12.1 Å². The minimum atomic E-state index is -0.250. The summed E-state index contributed by atoms with van der Waals surface area (Å²) in [6, 6.07) is 0.203. The summed E-state index contributed by atoms with van der Waals surface area (Å²) in [6.45, 7) is 22.4. The van der Waals surface area contributed by atoms with Crippen LogP contribution in [0.3, 0.4) is 0 Å². The molecule has 7 amide bonds. The highest BCUT2D eigenvalue weighted by Crippen LogP contribution is 2.33. The first-order valence-electron chi connectivity index (χ1n) is 21.5. The molecule has 7 saturated heterocycles. The third-order valence-electron chi connectivity index (χ3n) is 12.4. The van der Waals surface area contributed by atoms with Gasteiger partial charge in [-0.2, -0.15) is 0 Å². The molecule has 0 bridgehead atoms. The van der Waals surface area contributed by atoms with Gasteiger partial charge < -0.3 is 39.2 Å². The average Bonchev–Trinajstić information content (AvgIpc) is 3.83. The topological polar surface area (TPSA) is 135 Å². The van der Waals surface area contributed by atoms with E-state index < -0.39 is 0 Å². The lowest BCUT2D eigenvalue weighted by molar-refractivity contribution is -0.157. The number of rotatable bonds is 2. The van der Waals surface area contributed by atoms with Crippen molar-refractivity contribution < 1.29 is 28.8 Å². The molecule has 0 aromatic rings. The molecule has 0 spiro atoms. The van der Waals surface area contributed by atoms with Crippen LogP contribution in [0.15, 0.2) is 12.3 Å². The monoisotopic (exact) mass is 833 g/mol. The van der Waals surface area contributed by atoms with Gasteiger partial charge in [-0.25, -0.2) is 4.79 Å². The van der Waals surface area contributed by atoms with Crippen LogP contribution in [0, 0.1) is 5.92 Å². The van der Waals surface area contributed by atoms with Gasteiger partial charge in [-0.1, -0.05) is 20.9 Å². The van der Waals surface area contributed by atoms with Crippen LogP contribution in [0.4, 0.5) is 4.79 Å². The van der Waals surface area contributed by atoms with E-state index >= 15 is 0 Å². The van der Waals surface area contributed by atoms with Crippen LogP contribution in [-0.2, 0) is 24.0 Å². The van der Waals surface area contributed by atoms with Crippen LogP contribution in [0.2, 0.25) is 0 Å². The molecule has 7 rings (SSSR count). The summed E-state index contributed by atoms with van der Waals surface area (Å²) in [7, 11) is 11.4. The second-order valence-electron chi connectivity index (χ2n) is 17.1. The Morgan fingerprint density at radius 3 is 1.75 bits per heavy atom. The third-order valence-corrected chi connectivity index (χ3v) is 12.4. The smallest absolute Gasteiger partial charge is 0.324 e. The van der Waals surface area contributed by atoms with Gasteiger partial charge in [-0.15, -0.1) is 0 Å². The van der Waals surface area contributed by atoms with Crippen LogP contribution < -0.4 is 0 Å². The van der Waals surface area contributed by atoms with Crippen molar-refractivity contribution in [2.75, 3.05) is 127 Å². The van der Waals surface area contributed by atoms with Gasteiger partial charge in [-0.3, -0.25) is 33.8 Å².